The Bertz CT molecular complexity index is 598. The second-order valence-corrected chi connectivity index (χ2v) is 5.52. The van der Waals surface area contributed by atoms with Crippen LogP contribution in [-0.2, 0) is 11.2 Å². The standard InChI is InChI=1S/C16H15BrFNO/c1-11(12-6-8-14(17)9-7-12)19-16(20)10-13-4-2-3-5-15(13)18/h2-9,11H,10H2,1H3,(H,19,20)/t11-/m1/s1. The molecular weight excluding hydrogens is 321 g/mol. The minimum Gasteiger partial charge on any atom is -0.349 e. The number of hydrogen-bond acceptors (Lipinski definition) is 1. The van der Waals surface area contributed by atoms with Crippen LogP contribution in [0.5, 0.6) is 0 Å². The van der Waals surface area contributed by atoms with Crippen molar-refractivity contribution in [2.75, 3.05) is 0 Å². The van der Waals surface area contributed by atoms with Gasteiger partial charge in [0.25, 0.3) is 0 Å². The summed E-state index contributed by atoms with van der Waals surface area (Å²) < 4.78 is 14.5. The van der Waals surface area contributed by atoms with Crippen molar-refractivity contribution in [2.24, 2.45) is 0 Å². The molecule has 0 spiro atoms. The monoisotopic (exact) mass is 335 g/mol. The first-order valence-electron chi connectivity index (χ1n) is 6.34. The molecule has 2 nitrogen and oxygen atoms in total. The quantitative estimate of drug-likeness (QED) is 0.898. The zero-order chi connectivity index (χ0) is 14.5. The number of halogens is 2. The lowest BCUT2D eigenvalue weighted by Crippen LogP contribution is -2.28. The van der Waals surface area contributed by atoms with Crippen LogP contribution >= 0.6 is 15.9 Å². The molecule has 0 aliphatic carbocycles. The van der Waals surface area contributed by atoms with Crippen molar-refractivity contribution >= 4 is 21.8 Å². The molecule has 0 aliphatic rings. The van der Waals surface area contributed by atoms with Crippen molar-refractivity contribution in [1.29, 1.82) is 0 Å². The van der Waals surface area contributed by atoms with E-state index >= 15 is 0 Å². The van der Waals surface area contributed by atoms with E-state index < -0.39 is 0 Å². The maximum absolute atomic E-state index is 13.5. The van der Waals surface area contributed by atoms with E-state index in [2.05, 4.69) is 21.2 Å². The highest BCUT2D eigenvalue weighted by Gasteiger charge is 2.11. The Labute approximate surface area is 126 Å². The maximum atomic E-state index is 13.5. The zero-order valence-electron chi connectivity index (χ0n) is 11.1. The summed E-state index contributed by atoms with van der Waals surface area (Å²) in [4.78, 5) is 11.9. The second-order valence-electron chi connectivity index (χ2n) is 4.61. The van der Waals surface area contributed by atoms with Crippen LogP contribution in [0.2, 0.25) is 0 Å². The summed E-state index contributed by atoms with van der Waals surface area (Å²) in [6.45, 7) is 1.91. The number of carbonyl (C=O) groups excluding carboxylic acids is 1. The van der Waals surface area contributed by atoms with Gasteiger partial charge in [-0.05, 0) is 36.2 Å². The number of carbonyl (C=O) groups is 1. The molecule has 2 rings (SSSR count). The number of amides is 1. The van der Waals surface area contributed by atoms with E-state index in [0.29, 0.717) is 5.56 Å². The van der Waals surface area contributed by atoms with Gasteiger partial charge in [0.05, 0.1) is 12.5 Å². The largest absolute Gasteiger partial charge is 0.349 e. The van der Waals surface area contributed by atoms with E-state index in [1.54, 1.807) is 18.2 Å². The summed E-state index contributed by atoms with van der Waals surface area (Å²) in [5, 5.41) is 2.87. The number of nitrogens with one attached hydrogen (secondary N) is 1. The first kappa shape index (κ1) is 14.7. The minimum atomic E-state index is -0.348. The van der Waals surface area contributed by atoms with Gasteiger partial charge < -0.3 is 5.32 Å². The Morgan fingerprint density at radius 1 is 1.20 bits per heavy atom. The molecule has 2 aromatic carbocycles. The van der Waals surface area contributed by atoms with Gasteiger partial charge in [0.2, 0.25) is 5.91 Å². The second kappa shape index (κ2) is 6.66. The highest BCUT2D eigenvalue weighted by atomic mass is 79.9. The molecule has 0 heterocycles. The summed E-state index contributed by atoms with van der Waals surface area (Å²) in [6, 6.07) is 14.0. The van der Waals surface area contributed by atoms with Crippen molar-refractivity contribution in [2.45, 2.75) is 19.4 Å². The van der Waals surface area contributed by atoms with Crippen LogP contribution in [0.25, 0.3) is 0 Å². The van der Waals surface area contributed by atoms with Gasteiger partial charge in [-0.3, -0.25) is 4.79 Å². The van der Waals surface area contributed by atoms with Gasteiger partial charge in [0, 0.05) is 4.47 Å². The third kappa shape index (κ3) is 3.90. The van der Waals surface area contributed by atoms with Gasteiger partial charge in [-0.1, -0.05) is 46.3 Å². The predicted octanol–water partition coefficient (Wildman–Crippen LogP) is 4.01. The van der Waals surface area contributed by atoms with Gasteiger partial charge in [-0.2, -0.15) is 0 Å². The molecule has 0 saturated heterocycles. The summed E-state index contributed by atoms with van der Waals surface area (Å²) in [6.07, 6.45) is 0.0491. The molecule has 1 amide bonds. The average Bonchev–Trinajstić information content (AvgIpc) is 2.42. The summed E-state index contributed by atoms with van der Waals surface area (Å²) in [7, 11) is 0. The third-order valence-electron chi connectivity index (χ3n) is 3.06. The molecule has 1 atom stereocenters. The van der Waals surface area contributed by atoms with E-state index in [0.717, 1.165) is 10.0 Å². The van der Waals surface area contributed by atoms with E-state index in [9.17, 15) is 9.18 Å². The molecule has 0 radical (unpaired) electrons. The van der Waals surface area contributed by atoms with Crippen LogP contribution in [0.4, 0.5) is 4.39 Å². The molecule has 104 valence electrons. The molecule has 0 unspecified atom stereocenters. The molecule has 0 aliphatic heterocycles. The van der Waals surface area contributed by atoms with Crippen LogP contribution in [0, 0.1) is 5.82 Å². The molecule has 2 aromatic rings. The molecule has 0 fully saturated rings. The third-order valence-corrected chi connectivity index (χ3v) is 3.59. The Hall–Kier alpha value is -1.68. The van der Waals surface area contributed by atoms with Gasteiger partial charge in [-0.15, -0.1) is 0 Å². The van der Waals surface area contributed by atoms with Crippen LogP contribution in [0.15, 0.2) is 53.0 Å². The first-order chi connectivity index (χ1) is 9.56. The highest BCUT2D eigenvalue weighted by Crippen LogP contribution is 2.17. The fourth-order valence-corrected chi connectivity index (χ4v) is 2.21. The SMILES string of the molecule is C[C@@H](NC(=O)Cc1ccccc1F)c1ccc(Br)cc1. The lowest BCUT2D eigenvalue weighted by atomic mass is 10.1. The van der Waals surface area contributed by atoms with E-state index in [1.165, 1.54) is 6.07 Å². The highest BCUT2D eigenvalue weighted by molar-refractivity contribution is 9.10. The average molecular weight is 336 g/mol. The van der Waals surface area contributed by atoms with Gasteiger partial charge >= 0.3 is 0 Å². The van der Waals surface area contributed by atoms with E-state index in [4.69, 9.17) is 0 Å². The Morgan fingerprint density at radius 2 is 1.85 bits per heavy atom. The molecular formula is C16H15BrFNO. The van der Waals surface area contributed by atoms with Gasteiger partial charge in [-0.25, -0.2) is 4.39 Å². The minimum absolute atomic E-state index is 0.0491. The number of rotatable bonds is 4. The van der Waals surface area contributed by atoms with Crippen molar-refractivity contribution in [1.82, 2.24) is 5.32 Å². The van der Waals surface area contributed by atoms with Gasteiger partial charge in [0.1, 0.15) is 5.82 Å². The topological polar surface area (TPSA) is 29.1 Å². The molecule has 20 heavy (non-hydrogen) atoms. The molecule has 1 N–H and O–H groups in total. The number of hydrogen-bond donors (Lipinski definition) is 1. The smallest absolute Gasteiger partial charge is 0.225 e. The van der Waals surface area contributed by atoms with Crippen LogP contribution < -0.4 is 5.32 Å². The number of benzene rings is 2. The Balaban J connectivity index is 1.98. The van der Waals surface area contributed by atoms with Crippen molar-refractivity contribution in [3.8, 4) is 0 Å². The first-order valence-corrected chi connectivity index (χ1v) is 7.14. The zero-order valence-corrected chi connectivity index (χ0v) is 12.7. The molecule has 0 saturated carbocycles. The van der Waals surface area contributed by atoms with Crippen molar-refractivity contribution in [3.63, 3.8) is 0 Å². The summed E-state index contributed by atoms with van der Waals surface area (Å²) >= 11 is 3.37. The summed E-state index contributed by atoms with van der Waals surface area (Å²) in [5.74, 6) is -0.538. The summed E-state index contributed by atoms with van der Waals surface area (Å²) in [5.41, 5.74) is 1.42. The van der Waals surface area contributed by atoms with Crippen LogP contribution in [0.3, 0.4) is 0 Å². The molecule has 4 heteroatoms. The van der Waals surface area contributed by atoms with Gasteiger partial charge in [0.15, 0.2) is 0 Å². The maximum Gasteiger partial charge on any atom is 0.225 e. The van der Waals surface area contributed by atoms with Crippen LogP contribution in [0.1, 0.15) is 24.1 Å². The van der Waals surface area contributed by atoms with Crippen LogP contribution in [-0.4, -0.2) is 5.91 Å². The van der Waals surface area contributed by atoms with Crippen molar-refractivity contribution in [3.05, 3.63) is 69.9 Å². The predicted molar refractivity (Wildman–Crippen MR) is 80.8 cm³/mol. The molecule has 0 bridgehead atoms. The fourth-order valence-electron chi connectivity index (χ4n) is 1.94. The Kier molecular flexibility index (Phi) is 4.90. The molecule has 0 aromatic heterocycles. The van der Waals surface area contributed by atoms with E-state index in [1.807, 2.05) is 31.2 Å². The fraction of sp³-hybridized carbons (Fsp3) is 0.188. The Morgan fingerprint density at radius 3 is 2.50 bits per heavy atom. The lowest BCUT2D eigenvalue weighted by molar-refractivity contribution is -0.121. The lowest BCUT2D eigenvalue weighted by Gasteiger charge is -2.14. The normalized spacial score (nSPS) is 11.9. The van der Waals surface area contributed by atoms with E-state index in [-0.39, 0.29) is 24.2 Å². The van der Waals surface area contributed by atoms with Crippen molar-refractivity contribution < 1.29 is 9.18 Å².